The Bertz CT molecular complexity index is 1010. The highest BCUT2D eigenvalue weighted by molar-refractivity contribution is 7.92. The maximum atomic E-state index is 12.9. The first-order valence-electron chi connectivity index (χ1n) is 8.38. The minimum Gasteiger partial charge on any atom is -0.495 e. The molecule has 0 amide bonds. The molecule has 0 saturated heterocycles. The molecule has 27 heavy (non-hydrogen) atoms. The van der Waals surface area contributed by atoms with Crippen molar-refractivity contribution in [1.82, 2.24) is 8.96 Å². The summed E-state index contributed by atoms with van der Waals surface area (Å²) in [5.41, 5.74) is 3.66. The Morgan fingerprint density at radius 1 is 1.30 bits per heavy atom. The minimum absolute atomic E-state index is 0.0872. The third-order valence-electron chi connectivity index (χ3n) is 4.17. The van der Waals surface area contributed by atoms with Crippen molar-refractivity contribution < 1.29 is 18.2 Å². The Labute approximate surface area is 161 Å². The molecule has 3 aromatic rings. The fourth-order valence-electron chi connectivity index (χ4n) is 2.80. The maximum absolute atomic E-state index is 12.9. The molecule has 0 spiro atoms. The van der Waals surface area contributed by atoms with E-state index in [4.69, 9.17) is 9.47 Å². The van der Waals surface area contributed by atoms with Gasteiger partial charge in [0, 0.05) is 18.0 Å². The van der Waals surface area contributed by atoms with Gasteiger partial charge in [-0.05, 0) is 49.2 Å². The van der Waals surface area contributed by atoms with Crippen LogP contribution in [0.5, 0.6) is 5.75 Å². The SMILES string of the molecule is CCOC(=O)c1ccc(C)c(/C=C/c2cnc3c(ccn3SF)c2OC)c1. The molecule has 2 heterocycles. The van der Waals surface area contributed by atoms with Crippen LogP contribution in [0.3, 0.4) is 0 Å². The van der Waals surface area contributed by atoms with Crippen molar-refractivity contribution in [2.75, 3.05) is 13.7 Å². The summed E-state index contributed by atoms with van der Waals surface area (Å²) in [6, 6.07) is 7.18. The lowest BCUT2D eigenvalue weighted by Gasteiger charge is -2.08. The number of hydrogen-bond donors (Lipinski definition) is 0. The molecule has 0 atom stereocenters. The molecule has 0 saturated carbocycles. The van der Waals surface area contributed by atoms with Crippen molar-refractivity contribution in [2.24, 2.45) is 0 Å². The summed E-state index contributed by atoms with van der Waals surface area (Å²) in [6.45, 7) is 4.07. The summed E-state index contributed by atoms with van der Waals surface area (Å²) in [4.78, 5) is 16.3. The third-order valence-corrected chi connectivity index (χ3v) is 4.61. The minimum atomic E-state index is -0.349. The molecule has 2 aromatic heterocycles. The molecule has 7 heteroatoms. The van der Waals surface area contributed by atoms with Crippen LogP contribution in [0.4, 0.5) is 3.89 Å². The highest BCUT2D eigenvalue weighted by Gasteiger charge is 2.12. The van der Waals surface area contributed by atoms with Gasteiger partial charge in [0.25, 0.3) is 0 Å². The molecule has 3 rings (SSSR count). The predicted octanol–water partition coefficient (Wildman–Crippen LogP) is 5.08. The molecule has 5 nitrogen and oxygen atoms in total. The third kappa shape index (κ3) is 3.83. The number of pyridine rings is 1. The summed E-state index contributed by atoms with van der Waals surface area (Å²) in [5, 5.41) is 0.724. The van der Waals surface area contributed by atoms with Crippen LogP contribution in [0.15, 0.2) is 36.7 Å². The molecule has 0 unspecified atom stereocenters. The summed E-state index contributed by atoms with van der Waals surface area (Å²) in [7, 11) is 1.57. The van der Waals surface area contributed by atoms with Gasteiger partial charge in [-0.3, -0.25) is 0 Å². The number of nitrogens with zero attached hydrogens (tertiary/aromatic N) is 2. The summed E-state index contributed by atoms with van der Waals surface area (Å²) in [6.07, 6.45) is 6.99. The van der Waals surface area contributed by atoms with E-state index >= 15 is 0 Å². The largest absolute Gasteiger partial charge is 0.495 e. The molecule has 0 N–H and O–H groups in total. The Hall–Kier alpha value is -2.80. The van der Waals surface area contributed by atoms with Gasteiger partial charge < -0.3 is 9.47 Å². The lowest BCUT2D eigenvalue weighted by molar-refractivity contribution is 0.0526. The number of rotatable bonds is 6. The lowest BCUT2D eigenvalue weighted by Crippen LogP contribution is -2.04. The van der Waals surface area contributed by atoms with E-state index in [0.717, 1.165) is 22.1 Å². The molecule has 0 aliphatic rings. The molecule has 0 aliphatic heterocycles. The van der Waals surface area contributed by atoms with E-state index in [0.29, 0.717) is 23.6 Å². The van der Waals surface area contributed by atoms with E-state index in [2.05, 4.69) is 4.98 Å². The number of benzene rings is 1. The highest BCUT2D eigenvalue weighted by atomic mass is 32.2. The number of hydrogen-bond acceptors (Lipinski definition) is 5. The van der Waals surface area contributed by atoms with E-state index in [-0.39, 0.29) is 18.3 Å². The Kier molecular flexibility index (Phi) is 5.81. The Morgan fingerprint density at radius 3 is 2.78 bits per heavy atom. The first-order valence-corrected chi connectivity index (χ1v) is 9.05. The molecule has 140 valence electrons. The number of carbonyl (C=O) groups excluding carboxylic acids is 1. The quantitative estimate of drug-likeness (QED) is 0.553. The molecular weight excluding hydrogens is 367 g/mol. The second-order valence-corrected chi connectivity index (χ2v) is 6.35. The Morgan fingerprint density at radius 2 is 2.07 bits per heavy atom. The van der Waals surface area contributed by atoms with Gasteiger partial charge >= 0.3 is 5.97 Å². The van der Waals surface area contributed by atoms with Crippen LogP contribution in [0.2, 0.25) is 0 Å². The van der Waals surface area contributed by atoms with Crippen LogP contribution >= 0.6 is 12.3 Å². The number of esters is 1. The monoisotopic (exact) mass is 386 g/mol. The molecule has 0 fully saturated rings. The normalized spacial score (nSPS) is 11.3. The number of fused-ring (bicyclic) bond motifs is 1. The zero-order valence-electron chi connectivity index (χ0n) is 15.2. The summed E-state index contributed by atoms with van der Waals surface area (Å²) >= 11 is 0.0872. The van der Waals surface area contributed by atoms with Gasteiger partial charge in [0.1, 0.15) is 5.75 Å². The van der Waals surface area contributed by atoms with E-state index in [1.54, 1.807) is 44.6 Å². The van der Waals surface area contributed by atoms with Crippen LogP contribution < -0.4 is 4.74 Å². The molecular formula is C20H19FN2O3S. The smallest absolute Gasteiger partial charge is 0.338 e. The standard InChI is InChI=1S/C20H19FN2O3S/c1-4-26-20(24)15-6-5-13(2)14(11-15)7-8-16-12-22-19-17(18(16)25-3)9-10-23(19)27-21/h5-12H,4H2,1-3H3/b8-7+. The first kappa shape index (κ1) is 19.0. The van der Waals surface area contributed by atoms with Crippen LogP contribution in [-0.4, -0.2) is 28.6 Å². The van der Waals surface area contributed by atoms with Crippen LogP contribution in [0.1, 0.15) is 34.0 Å². The molecule has 0 bridgehead atoms. The number of halogens is 1. The van der Waals surface area contributed by atoms with Crippen LogP contribution in [0, 0.1) is 6.92 Å². The summed E-state index contributed by atoms with van der Waals surface area (Å²) < 4.78 is 24.8. The van der Waals surface area contributed by atoms with E-state index in [1.807, 2.05) is 25.1 Å². The molecule has 1 aromatic carbocycles. The van der Waals surface area contributed by atoms with Gasteiger partial charge in [0.2, 0.25) is 0 Å². The second kappa shape index (κ2) is 8.26. The van der Waals surface area contributed by atoms with Crippen LogP contribution in [-0.2, 0) is 4.74 Å². The predicted molar refractivity (Wildman–Crippen MR) is 106 cm³/mol. The van der Waals surface area contributed by atoms with E-state index in [9.17, 15) is 8.68 Å². The molecule has 0 radical (unpaired) electrons. The topological polar surface area (TPSA) is 53.3 Å². The molecule has 0 aliphatic carbocycles. The zero-order chi connectivity index (χ0) is 19.4. The number of aromatic nitrogens is 2. The van der Waals surface area contributed by atoms with Gasteiger partial charge in [-0.15, -0.1) is 3.89 Å². The van der Waals surface area contributed by atoms with Crippen molar-refractivity contribution in [1.29, 1.82) is 0 Å². The van der Waals surface area contributed by atoms with E-state index < -0.39 is 0 Å². The average molecular weight is 386 g/mol. The van der Waals surface area contributed by atoms with Crippen molar-refractivity contribution >= 4 is 41.5 Å². The van der Waals surface area contributed by atoms with Gasteiger partial charge in [-0.2, -0.15) is 0 Å². The number of methoxy groups -OCH3 is 1. The maximum Gasteiger partial charge on any atom is 0.338 e. The fourth-order valence-corrected chi connectivity index (χ4v) is 3.12. The lowest BCUT2D eigenvalue weighted by atomic mass is 10.0. The fraction of sp³-hybridized carbons (Fsp3) is 0.200. The Balaban J connectivity index is 1.98. The van der Waals surface area contributed by atoms with Gasteiger partial charge in [-0.1, -0.05) is 12.1 Å². The summed E-state index contributed by atoms with van der Waals surface area (Å²) in [5.74, 6) is 0.265. The van der Waals surface area contributed by atoms with Crippen molar-refractivity contribution in [3.63, 3.8) is 0 Å². The second-order valence-electron chi connectivity index (χ2n) is 5.82. The van der Waals surface area contributed by atoms with Crippen molar-refractivity contribution in [3.8, 4) is 5.75 Å². The van der Waals surface area contributed by atoms with Crippen molar-refractivity contribution in [3.05, 3.63) is 58.9 Å². The zero-order valence-corrected chi connectivity index (χ0v) is 16.0. The number of ether oxygens (including phenoxy) is 2. The average Bonchev–Trinajstić information content (AvgIpc) is 3.10. The van der Waals surface area contributed by atoms with Gasteiger partial charge in [0.15, 0.2) is 18.0 Å². The van der Waals surface area contributed by atoms with Gasteiger partial charge in [0.05, 0.1) is 24.7 Å². The number of carbonyl (C=O) groups is 1. The number of aryl methyl sites for hydroxylation is 1. The first-order chi connectivity index (χ1) is 13.1. The van der Waals surface area contributed by atoms with Crippen LogP contribution in [0.25, 0.3) is 23.2 Å². The van der Waals surface area contributed by atoms with Gasteiger partial charge in [-0.25, -0.2) is 13.8 Å². The van der Waals surface area contributed by atoms with E-state index in [1.165, 1.54) is 3.97 Å². The highest BCUT2D eigenvalue weighted by Crippen LogP contribution is 2.32. The van der Waals surface area contributed by atoms with Crippen molar-refractivity contribution in [2.45, 2.75) is 13.8 Å².